The molecule has 1 heterocycles. The van der Waals surface area contributed by atoms with E-state index in [4.69, 9.17) is 10.8 Å². The van der Waals surface area contributed by atoms with Crippen LogP contribution in [0.2, 0.25) is 0 Å². The van der Waals surface area contributed by atoms with Crippen LogP contribution in [0.1, 0.15) is 23.1 Å². The topological polar surface area (TPSA) is 76.2 Å². The van der Waals surface area contributed by atoms with Crippen LogP contribution in [0.25, 0.3) is 0 Å². The van der Waals surface area contributed by atoms with E-state index in [9.17, 15) is 4.79 Å². The fourth-order valence-corrected chi connectivity index (χ4v) is 2.14. The van der Waals surface area contributed by atoms with Crippen molar-refractivity contribution in [3.8, 4) is 0 Å². The molecule has 0 spiro atoms. The Balaban J connectivity index is 2.48. The molecule has 0 aliphatic heterocycles. The lowest BCUT2D eigenvalue weighted by molar-refractivity contribution is 0.0690. The first-order chi connectivity index (χ1) is 7.63. The monoisotopic (exact) mass is 240 g/mol. The molecule has 16 heavy (non-hydrogen) atoms. The van der Waals surface area contributed by atoms with E-state index in [-0.39, 0.29) is 5.69 Å². The van der Waals surface area contributed by atoms with E-state index in [1.54, 1.807) is 17.8 Å². The van der Waals surface area contributed by atoms with Gasteiger partial charge >= 0.3 is 5.97 Å². The lowest BCUT2D eigenvalue weighted by Gasteiger charge is -2.07. The van der Waals surface area contributed by atoms with Crippen molar-refractivity contribution >= 4 is 17.7 Å². The van der Waals surface area contributed by atoms with Gasteiger partial charge in [-0.05, 0) is 30.3 Å². The second kappa shape index (κ2) is 6.50. The van der Waals surface area contributed by atoms with E-state index in [1.165, 1.54) is 6.07 Å². The van der Waals surface area contributed by atoms with E-state index < -0.39 is 5.97 Å². The van der Waals surface area contributed by atoms with Crippen molar-refractivity contribution in [3.63, 3.8) is 0 Å². The summed E-state index contributed by atoms with van der Waals surface area (Å²) >= 11 is 1.72. The van der Waals surface area contributed by atoms with Crippen molar-refractivity contribution < 1.29 is 9.90 Å². The highest BCUT2D eigenvalue weighted by molar-refractivity contribution is 7.98. The predicted molar refractivity (Wildman–Crippen MR) is 65.6 cm³/mol. The number of nitrogens with zero attached hydrogens (tertiary/aromatic N) is 1. The van der Waals surface area contributed by atoms with Gasteiger partial charge in [-0.25, -0.2) is 9.78 Å². The van der Waals surface area contributed by atoms with Crippen LogP contribution in [0, 0.1) is 5.92 Å². The number of aromatic nitrogens is 1. The summed E-state index contributed by atoms with van der Waals surface area (Å²) in [6, 6.07) is 5.06. The molecule has 0 aliphatic carbocycles. The van der Waals surface area contributed by atoms with Crippen molar-refractivity contribution in [1.82, 2.24) is 4.98 Å². The summed E-state index contributed by atoms with van der Waals surface area (Å²) in [5, 5.41) is 8.78. The summed E-state index contributed by atoms with van der Waals surface area (Å²) in [6.07, 6.45) is 0. The van der Waals surface area contributed by atoms with Crippen molar-refractivity contribution in [3.05, 3.63) is 29.6 Å². The highest BCUT2D eigenvalue weighted by Crippen LogP contribution is 2.13. The van der Waals surface area contributed by atoms with Gasteiger partial charge in [0.15, 0.2) is 0 Å². The van der Waals surface area contributed by atoms with Crippen LogP contribution in [-0.2, 0) is 5.75 Å². The molecule has 1 aromatic heterocycles. The quantitative estimate of drug-likeness (QED) is 0.790. The molecule has 0 aliphatic rings. The number of thioether (sulfide) groups is 1. The fourth-order valence-electron chi connectivity index (χ4n) is 1.11. The van der Waals surface area contributed by atoms with Crippen LogP contribution >= 0.6 is 11.8 Å². The Morgan fingerprint density at radius 2 is 2.38 bits per heavy atom. The van der Waals surface area contributed by atoms with Gasteiger partial charge in [0, 0.05) is 5.75 Å². The van der Waals surface area contributed by atoms with Gasteiger partial charge in [-0.3, -0.25) is 0 Å². The lowest BCUT2D eigenvalue weighted by atomic mass is 10.2. The molecule has 3 N–H and O–H groups in total. The molecule has 0 radical (unpaired) electrons. The molecule has 88 valence electrons. The van der Waals surface area contributed by atoms with Gasteiger partial charge < -0.3 is 10.8 Å². The summed E-state index contributed by atoms with van der Waals surface area (Å²) in [5.41, 5.74) is 6.41. The molecule has 4 nitrogen and oxygen atoms in total. The van der Waals surface area contributed by atoms with Gasteiger partial charge in [-0.15, -0.1) is 0 Å². The molecule has 1 unspecified atom stereocenters. The highest BCUT2D eigenvalue weighted by atomic mass is 32.2. The van der Waals surface area contributed by atoms with Crippen LogP contribution in [0.4, 0.5) is 0 Å². The molecule has 0 saturated heterocycles. The first-order valence-corrected chi connectivity index (χ1v) is 6.26. The standard InChI is InChI=1S/C11H16N2O2S/c1-8(5-12)6-16-7-9-3-2-4-10(13-9)11(14)15/h2-4,8H,5-7,12H2,1H3,(H,14,15). The summed E-state index contributed by atoms with van der Waals surface area (Å²) in [7, 11) is 0. The van der Waals surface area contributed by atoms with Gasteiger partial charge in [0.1, 0.15) is 5.69 Å². The van der Waals surface area contributed by atoms with Gasteiger partial charge in [0.25, 0.3) is 0 Å². The SMILES string of the molecule is CC(CN)CSCc1cccc(C(=O)O)n1. The number of pyridine rings is 1. The second-order valence-electron chi connectivity index (χ2n) is 3.68. The Labute approximate surface area is 99.3 Å². The molecular weight excluding hydrogens is 224 g/mol. The molecule has 0 bridgehead atoms. The van der Waals surface area contributed by atoms with E-state index >= 15 is 0 Å². The number of rotatable bonds is 6. The van der Waals surface area contributed by atoms with Crippen LogP contribution < -0.4 is 5.73 Å². The Kier molecular flexibility index (Phi) is 5.28. The van der Waals surface area contributed by atoms with Crippen molar-refractivity contribution in [2.24, 2.45) is 11.7 Å². The fraction of sp³-hybridized carbons (Fsp3) is 0.455. The average Bonchev–Trinajstić information content (AvgIpc) is 2.29. The van der Waals surface area contributed by atoms with E-state index in [0.717, 1.165) is 17.2 Å². The molecule has 5 heteroatoms. The Hall–Kier alpha value is -1.07. The number of hydrogen-bond donors (Lipinski definition) is 2. The zero-order valence-electron chi connectivity index (χ0n) is 9.22. The number of carboxylic acid groups (broad SMARTS) is 1. The van der Waals surface area contributed by atoms with Gasteiger partial charge in [-0.2, -0.15) is 11.8 Å². The number of aromatic carboxylic acids is 1. The molecule has 0 amide bonds. The zero-order valence-corrected chi connectivity index (χ0v) is 10.0. The van der Waals surface area contributed by atoms with Gasteiger partial charge in [0.2, 0.25) is 0 Å². The highest BCUT2D eigenvalue weighted by Gasteiger charge is 2.05. The summed E-state index contributed by atoms with van der Waals surface area (Å²) in [6.45, 7) is 2.77. The smallest absolute Gasteiger partial charge is 0.354 e. The maximum atomic E-state index is 10.7. The van der Waals surface area contributed by atoms with Crippen molar-refractivity contribution in [1.29, 1.82) is 0 Å². The first kappa shape index (κ1) is 13.0. The zero-order chi connectivity index (χ0) is 12.0. The van der Waals surface area contributed by atoms with Gasteiger partial charge in [-0.1, -0.05) is 13.0 Å². The Morgan fingerprint density at radius 3 is 3.00 bits per heavy atom. The third kappa shape index (κ3) is 4.20. The normalized spacial score (nSPS) is 12.4. The Bertz CT molecular complexity index is 358. The lowest BCUT2D eigenvalue weighted by Crippen LogP contribution is -2.12. The third-order valence-corrected chi connectivity index (χ3v) is 3.39. The van der Waals surface area contributed by atoms with E-state index in [1.807, 2.05) is 6.07 Å². The number of carboxylic acids is 1. The molecule has 0 fully saturated rings. The minimum absolute atomic E-state index is 0.102. The first-order valence-electron chi connectivity index (χ1n) is 5.10. The van der Waals surface area contributed by atoms with Crippen LogP contribution in [0.5, 0.6) is 0 Å². The van der Waals surface area contributed by atoms with Crippen LogP contribution in [0.15, 0.2) is 18.2 Å². The molecule has 0 saturated carbocycles. The second-order valence-corrected chi connectivity index (χ2v) is 4.71. The third-order valence-electron chi connectivity index (χ3n) is 2.08. The van der Waals surface area contributed by atoms with E-state index in [0.29, 0.717) is 12.5 Å². The molecule has 0 aromatic carbocycles. The van der Waals surface area contributed by atoms with E-state index in [2.05, 4.69) is 11.9 Å². The summed E-state index contributed by atoms with van der Waals surface area (Å²) < 4.78 is 0. The summed E-state index contributed by atoms with van der Waals surface area (Å²) in [5.74, 6) is 1.19. The number of hydrogen-bond acceptors (Lipinski definition) is 4. The number of nitrogens with two attached hydrogens (primary N) is 1. The predicted octanol–water partition coefficient (Wildman–Crippen LogP) is 1.61. The minimum Gasteiger partial charge on any atom is -0.477 e. The average molecular weight is 240 g/mol. The van der Waals surface area contributed by atoms with Gasteiger partial charge in [0.05, 0.1) is 5.69 Å². The molecular formula is C11H16N2O2S. The van der Waals surface area contributed by atoms with Crippen LogP contribution in [0.3, 0.4) is 0 Å². The van der Waals surface area contributed by atoms with Crippen LogP contribution in [-0.4, -0.2) is 28.4 Å². The van der Waals surface area contributed by atoms with Crippen molar-refractivity contribution in [2.45, 2.75) is 12.7 Å². The maximum Gasteiger partial charge on any atom is 0.354 e. The molecule has 1 aromatic rings. The maximum absolute atomic E-state index is 10.7. The molecule has 1 atom stereocenters. The summed E-state index contributed by atoms with van der Waals surface area (Å²) in [4.78, 5) is 14.7. The largest absolute Gasteiger partial charge is 0.477 e. The van der Waals surface area contributed by atoms with Crippen molar-refractivity contribution in [2.75, 3.05) is 12.3 Å². The minimum atomic E-state index is -0.984. The number of carbonyl (C=O) groups is 1. The Morgan fingerprint density at radius 1 is 1.62 bits per heavy atom. The molecule has 1 rings (SSSR count).